The number of anilines is 1. The number of hydrogen-bond acceptors (Lipinski definition) is 6. The van der Waals surface area contributed by atoms with Crippen LogP contribution in [-0.4, -0.2) is 34.3 Å². The molecule has 0 spiro atoms. The number of hydrogen-bond donors (Lipinski definition) is 1. The lowest BCUT2D eigenvalue weighted by atomic mass is 10.1. The highest BCUT2D eigenvalue weighted by molar-refractivity contribution is 8.00. The van der Waals surface area contributed by atoms with E-state index in [1.165, 1.54) is 17.3 Å². The van der Waals surface area contributed by atoms with Crippen LogP contribution in [0.1, 0.15) is 38.6 Å². The van der Waals surface area contributed by atoms with Crippen molar-refractivity contribution >= 4 is 33.2 Å². The Morgan fingerprint density at radius 3 is 2.31 bits per heavy atom. The Hall–Kier alpha value is -2.65. The molecule has 1 N–H and O–H groups in total. The van der Waals surface area contributed by atoms with Crippen molar-refractivity contribution in [3.05, 3.63) is 66.0 Å². The van der Waals surface area contributed by atoms with E-state index >= 15 is 0 Å². The van der Waals surface area contributed by atoms with Crippen molar-refractivity contribution in [2.75, 3.05) is 5.32 Å². The standard InChI is InChI=1S/C23H28N4O3S2/c1-4-17-12-14-18(15-13-17)24-22(28)20(5-2)31-23-26-25-21(27(23)6-3)16-32(29,30)19-10-8-7-9-11-19/h7-15,20H,4-6,16H2,1-3H3,(H,24,28). The summed E-state index contributed by atoms with van der Waals surface area (Å²) < 4.78 is 27.3. The van der Waals surface area contributed by atoms with E-state index in [1.54, 1.807) is 34.9 Å². The first-order valence-electron chi connectivity index (χ1n) is 10.6. The first-order valence-corrected chi connectivity index (χ1v) is 13.2. The highest BCUT2D eigenvalue weighted by Crippen LogP contribution is 2.27. The highest BCUT2D eigenvalue weighted by Gasteiger charge is 2.25. The molecule has 0 aliphatic carbocycles. The summed E-state index contributed by atoms with van der Waals surface area (Å²) in [5.74, 6) is 0.000626. The Morgan fingerprint density at radius 2 is 1.72 bits per heavy atom. The van der Waals surface area contributed by atoms with Gasteiger partial charge in [0.25, 0.3) is 0 Å². The quantitative estimate of drug-likeness (QED) is 0.441. The molecule has 0 saturated carbocycles. The number of nitrogens with zero attached hydrogens (tertiary/aromatic N) is 3. The lowest BCUT2D eigenvalue weighted by molar-refractivity contribution is -0.115. The van der Waals surface area contributed by atoms with Gasteiger partial charge in [-0.05, 0) is 49.6 Å². The van der Waals surface area contributed by atoms with Crippen molar-refractivity contribution in [1.29, 1.82) is 0 Å². The zero-order chi connectivity index (χ0) is 23.1. The summed E-state index contributed by atoms with van der Waals surface area (Å²) in [6.45, 7) is 6.43. The number of carbonyl (C=O) groups is 1. The molecule has 0 saturated heterocycles. The number of nitrogens with one attached hydrogen (secondary N) is 1. The Balaban J connectivity index is 1.74. The van der Waals surface area contributed by atoms with Crippen molar-refractivity contribution in [2.45, 2.75) is 61.2 Å². The largest absolute Gasteiger partial charge is 0.325 e. The van der Waals surface area contributed by atoms with E-state index in [9.17, 15) is 13.2 Å². The molecular formula is C23H28N4O3S2. The van der Waals surface area contributed by atoms with E-state index in [0.717, 1.165) is 12.1 Å². The molecule has 0 aliphatic heterocycles. The molecule has 32 heavy (non-hydrogen) atoms. The van der Waals surface area contributed by atoms with Crippen LogP contribution in [0.5, 0.6) is 0 Å². The minimum Gasteiger partial charge on any atom is -0.325 e. The molecule has 3 aromatic rings. The number of aromatic nitrogens is 3. The second-order valence-electron chi connectivity index (χ2n) is 7.27. The number of benzene rings is 2. The average Bonchev–Trinajstić information content (AvgIpc) is 3.18. The minimum absolute atomic E-state index is 0.120. The van der Waals surface area contributed by atoms with Gasteiger partial charge in [0.05, 0.1) is 10.1 Å². The van der Waals surface area contributed by atoms with E-state index in [1.807, 2.05) is 38.1 Å². The van der Waals surface area contributed by atoms with Gasteiger partial charge in [0.15, 0.2) is 15.0 Å². The van der Waals surface area contributed by atoms with Gasteiger partial charge in [-0.2, -0.15) is 0 Å². The predicted octanol–water partition coefficient (Wildman–Crippen LogP) is 4.34. The van der Waals surface area contributed by atoms with E-state index in [4.69, 9.17) is 0 Å². The van der Waals surface area contributed by atoms with E-state index < -0.39 is 9.84 Å². The number of thioether (sulfide) groups is 1. The average molecular weight is 473 g/mol. The van der Waals surface area contributed by atoms with Crippen molar-refractivity contribution < 1.29 is 13.2 Å². The van der Waals surface area contributed by atoms with Crippen LogP contribution in [0.4, 0.5) is 5.69 Å². The van der Waals surface area contributed by atoms with Crippen LogP contribution >= 0.6 is 11.8 Å². The Labute approximate surface area is 193 Å². The number of sulfone groups is 1. The third-order valence-corrected chi connectivity index (χ3v) is 8.05. The SMILES string of the molecule is CCc1ccc(NC(=O)C(CC)Sc2nnc(CS(=O)(=O)c3ccccc3)n2CC)cc1. The molecule has 0 radical (unpaired) electrons. The van der Waals surface area contributed by atoms with Crippen LogP contribution in [0.15, 0.2) is 64.6 Å². The van der Waals surface area contributed by atoms with Crippen LogP contribution in [0.2, 0.25) is 0 Å². The topological polar surface area (TPSA) is 94.0 Å². The van der Waals surface area contributed by atoms with Crippen LogP contribution in [0, 0.1) is 0 Å². The molecular weight excluding hydrogens is 444 g/mol. The summed E-state index contributed by atoms with van der Waals surface area (Å²) in [6.07, 6.45) is 1.54. The Bertz CT molecular complexity index is 1140. The maximum absolute atomic E-state index is 12.8. The van der Waals surface area contributed by atoms with E-state index in [0.29, 0.717) is 23.9 Å². The molecule has 0 fully saturated rings. The number of carbonyl (C=O) groups excluding carboxylic acids is 1. The zero-order valence-corrected chi connectivity index (χ0v) is 20.1. The molecule has 0 bridgehead atoms. The van der Waals surface area contributed by atoms with Gasteiger partial charge in [0, 0.05) is 12.2 Å². The monoisotopic (exact) mass is 472 g/mol. The predicted molar refractivity (Wildman–Crippen MR) is 127 cm³/mol. The molecule has 3 rings (SSSR count). The van der Waals surface area contributed by atoms with Crippen molar-refractivity contribution in [2.24, 2.45) is 0 Å². The number of aryl methyl sites for hydroxylation is 1. The smallest absolute Gasteiger partial charge is 0.237 e. The maximum atomic E-state index is 12.8. The highest BCUT2D eigenvalue weighted by atomic mass is 32.2. The fourth-order valence-electron chi connectivity index (χ4n) is 3.21. The van der Waals surface area contributed by atoms with Gasteiger partial charge < -0.3 is 9.88 Å². The van der Waals surface area contributed by atoms with Gasteiger partial charge in [0.2, 0.25) is 5.91 Å². The normalized spacial score (nSPS) is 12.5. The Morgan fingerprint density at radius 1 is 1.03 bits per heavy atom. The molecule has 0 aliphatic rings. The van der Waals surface area contributed by atoms with Crippen LogP contribution in [-0.2, 0) is 33.4 Å². The molecule has 170 valence electrons. The molecule has 1 amide bonds. The maximum Gasteiger partial charge on any atom is 0.237 e. The van der Waals surface area contributed by atoms with Gasteiger partial charge in [-0.15, -0.1) is 10.2 Å². The summed E-state index contributed by atoms with van der Waals surface area (Å²) in [5, 5.41) is 11.4. The van der Waals surface area contributed by atoms with Gasteiger partial charge in [-0.3, -0.25) is 4.79 Å². The second kappa shape index (κ2) is 10.8. The van der Waals surface area contributed by atoms with Gasteiger partial charge >= 0.3 is 0 Å². The molecule has 1 unspecified atom stereocenters. The molecule has 1 atom stereocenters. The second-order valence-corrected chi connectivity index (χ2v) is 10.4. The van der Waals surface area contributed by atoms with Crippen LogP contribution in [0.25, 0.3) is 0 Å². The fourth-order valence-corrected chi connectivity index (χ4v) is 5.54. The summed E-state index contributed by atoms with van der Waals surface area (Å²) >= 11 is 1.30. The fraction of sp³-hybridized carbons (Fsp3) is 0.348. The van der Waals surface area contributed by atoms with Crippen LogP contribution < -0.4 is 5.32 Å². The third-order valence-electron chi connectivity index (χ3n) is 5.07. The molecule has 1 heterocycles. The van der Waals surface area contributed by atoms with Crippen molar-refractivity contribution in [3.8, 4) is 0 Å². The zero-order valence-electron chi connectivity index (χ0n) is 18.5. The van der Waals surface area contributed by atoms with E-state index in [-0.39, 0.29) is 21.8 Å². The van der Waals surface area contributed by atoms with Gasteiger partial charge in [0.1, 0.15) is 11.6 Å². The first kappa shape index (κ1) is 24.0. The van der Waals surface area contributed by atoms with Crippen molar-refractivity contribution in [1.82, 2.24) is 14.8 Å². The summed E-state index contributed by atoms with van der Waals surface area (Å²) in [6, 6.07) is 16.1. The van der Waals surface area contributed by atoms with E-state index in [2.05, 4.69) is 22.4 Å². The minimum atomic E-state index is -3.54. The third kappa shape index (κ3) is 5.77. The first-order chi connectivity index (χ1) is 15.4. The number of rotatable bonds is 10. The molecule has 7 nitrogen and oxygen atoms in total. The Kier molecular flexibility index (Phi) is 8.09. The summed E-state index contributed by atoms with van der Waals surface area (Å²) in [7, 11) is -3.54. The molecule has 2 aromatic carbocycles. The summed E-state index contributed by atoms with van der Waals surface area (Å²) in [4.78, 5) is 13.1. The van der Waals surface area contributed by atoms with Gasteiger partial charge in [-0.25, -0.2) is 8.42 Å². The number of amides is 1. The van der Waals surface area contributed by atoms with Crippen LogP contribution in [0.3, 0.4) is 0 Å². The van der Waals surface area contributed by atoms with Crippen molar-refractivity contribution in [3.63, 3.8) is 0 Å². The molecule has 9 heteroatoms. The van der Waals surface area contributed by atoms with Gasteiger partial charge in [-0.1, -0.05) is 55.9 Å². The molecule has 1 aromatic heterocycles. The summed E-state index contributed by atoms with van der Waals surface area (Å²) in [5.41, 5.74) is 1.95. The lowest BCUT2D eigenvalue weighted by Crippen LogP contribution is -2.25. The lowest BCUT2D eigenvalue weighted by Gasteiger charge is -2.15.